The maximum Gasteiger partial charge on any atom is 0.315 e. The van der Waals surface area contributed by atoms with E-state index in [1.165, 1.54) is 19.4 Å². The molecule has 0 N–H and O–H groups in total. The largest absolute Gasteiger partial charge is 0.493 e. The second-order valence-electron chi connectivity index (χ2n) is 8.60. The summed E-state index contributed by atoms with van der Waals surface area (Å²) in [6.07, 6.45) is 1.02. The highest BCUT2D eigenvalue weighted by atomic mass is 79.9. The van der Waals surface area contributed by atoms with Crippen molar-refractivity contribution in [3.63, 3.8) is 0 Å². The lowest BCUT2D eigenvalue weighted by atomic mass is 10.2. The lowest BCUT2D eigenvalue weighted by Crippen LogP contribution is -2.20. The third kappa shape index (κ3) is 4.75. The zero-order valence-electron chi connectivity index (χ0n) is 20.5. The van der Waals surface area contributed by atoms with Gasteiger partial charge in [-0.05, 0) is 56.3 Å². The van der Waals surface area contributed by atoms with E-state index in [9.17, 15) is 14.9 Å². The van der Waals surface area contributed by atoms with Crippen LogP contribution in [0, 0.1) is 10.1 Å². The zero-order valence-corrected chi connectivity index (χ0v) is 22.1. The highest BCUT2D eigenvalue weighted by molar-refractivity contribution is 9.10. The molecule has 0 amide bonds. The molecular formula is C27H21BrN4O6. The number of aromatic nitrogens is 2. The Balaban J connectivity index is 1.69. The van der Waals surface area contributed by atoms with E-state index in [-0.39, 0.29) is 29.1 Å². The number of halogens is 1. The van der Waals surface area contributed by atoms with E-state index in [1.807, 2.05) is 18.2 Å². The molecule has 0 radical (unpaired) electrons. The Bertz CT molecular complexity index is 1790. The SMILES string of the molecule is COc1cc(C=Nn2c(-c3cc4cc(Br)ccc4o3)nc3ccccc3c2=O)cc([N+](=O)[O-])c1OC(C)C. The molecule has 5 rings (SSSR count). The molecule has 0 aliphatic rings. The molecule has 192 valence electrons. The molecule has 2 aromatic heterocycles. The van der Waals surface area contributed by atoms with Crippen LogP contribution in [0.3, 0.4) is 0 Å². The zero-order chi connectivity index (χ0) is 27.0. The van der Waals surface area contributed by atoms with Gasteiger partial charge in [0.15, 0.2) is 11.5 Å². The van der Waals surface area contributed by atoms with Gasteiger partial charge < -0.3 is 13.9 Å². The van der Waals surface area contributed by atoms with Crippen molar-refractivity contribution in [2.24, 2.45) is 5.10 Å². The normalized spacial score (nSPS) is 11.6. The number of ether oxygens (including phenoxy) is 2. The van der Waals surface area contributed by atoms with Crippen LogP contribution >= 0.6 is 15.9 Å². The average Bonchev–Trinajstić information content (AvgIpc) is 3.31. The van der Waals surface area contributed by atoms with Crippen LogP contribution in [0.1, 0.15) is 19.4 Å². The van der Waals surface area contributed by atoms with Crippen LogP contribution in [-0.4, -0.2) is 34.0 Å². The molecule has 11 heteroatoms. The number of methoxy groups -OCH3 is 1. The molecule has 5 aromatic rings. The van der Waals surface area contributed by atoms with Crippen LogP contribution in [0.15, 0.2) is 79.4 Å². The lowest BCUT2D eigenvalue weighted by Gasteiger charge is -2.14. The van der Waals surface area contributed by atoms with Gasteiger partial charge in [0, 0.05) is 21.5 Å². The van der Waals surface area contributed by atoms with Gasteiger partial charge >= 0.3 is 5.69 Å². The summed E-state index contributed by atoms with van der Waals surface area (Å²) in [5.41, 5.74) is 0.704. The van der Waals surface area contributed by atoms with Crippen LogP contribution in [-0.2, 0) is 0 Å². The molecular weight excluding hydrogens is 556 g/mol. The minimum absolute atomic E-state index is 0.0170. The Labute approximate surface area is 224 Å². The Hall–Kier alpha value is -4.51. The molecule has 0 spiro atoms. The summed E-state index contributed by atoms with van der Waals surface area (Å²) < 4.78 is 19.0. The van der Waals surface area contributed by atoms with Crippen LogP contribution in [0.25, 0.3) is 33.5 Å². The standard InChI is InChI=1S/C27H21BrN4O6/c1-15(2)37-25-21(32(34)35)10-16(11-23(25)36-3)14-29-31-26(30-20-7-5-4-6-19(20)27(31)33)24-13-17-12-18(28)8-9-22(17)38-24/h4-15H,1-3H3. The van der Waals surface area contributed by atoms with E-state index in [0.717, 1.165) is 14.5 Å². The van der Waals surface area contributed by atoms with Crippen LogP contribution in [0.5, 0.6) is 11.5 Å². The van der Waals surface area contributed by atoms with E-state index >= 15 is 0 Å². The van der Waals surface area contributed by atoms with Crippen molar-refractivity contribution < 1.29 is 18.8 Å². The first-order valence-corrected chi connectivity index (χ1v) is 12.3. The predicted molar refractivity (Wildman–Crippen MR) is 147 cm³/mol. The minimum atomic E-state index is -0.556. The van der Waals surface area contributed by atoms with Gasteiger partial charge in [-0.1, -0.05) is 28.1 Å². The number of nitrogens with zero attached hydrogens (tertiary/aromatic N) is 4. The summed E-state index contributed by atoms with van der Waals surface area (Å²) in [4.78, 5) is 29.4. The molecule has 0 saturated heterocycles. The topological polar surface area (TPSA) is 122 Å². The molecule has 10 nitrogen and oxygen atoms in total. The van der Waals surface area contributed by atoms with Gasteiger partial charge in [0.1, 0.15) is 5.58 Å². The fraction of sp³-hybridized carbons (Fsp3) is 0.148. The second-order valence-corrected chi connectivity index (χ2v) is 9.52. The summed E-state index contributed by atoms with van der Waals surface area (Å²) in [6, 6.07) is 17.1. The monoisotopic (exact) mass is 576 g/mol. The first-order valence-electron chi connectivity index (χ1n) is 11.5. The average molecular weight is 577 g/mol. The smallest absolute Gasteiger partial charge is 0.315 e. The summed E-state index contributed by atoms with van der Waals surface area (Å²) in [6.45, 7) is 3.52. The number of fused-ring (bicyclic) bond motifs is 2. The summed E-state index contributed by atoms with van der Waals surface area (Å²) >= 11 is 3.45. The third-order valence-corrected chi connectivity index (χ3v) is 6.10. The summed E-state index contributed by atoms with van der Waals surface area (Å²) in [5, 5.41) is 17.3. The lowest BCUT2D eigenvalue weighted by molar-refractivity contribution is -0.386. The molecule has 0 atom stereocenters. The van der Waals surface area contributed by atoms with Crippen molar-refractivity contribution in [1.29, 1.82) is 0 Å². The maximum absolute atomic E-state index is 13.5. The number of furan rings is 1. The Morgan fingerprint density at radius 1 is 1.16 bits per heavy atom. The van der Waals surface area contributed by atoms with Crippen LogP contribution < -0.4 is 15.0 Å². The van der Waals surface area contributed by atoms with E-state index in [1.54, 1.807) is 50.2 Å². The number of nitro benzene ring substituents is 1. The Morgan fingerprint density at radius 3 is 2.68 bits per heavy atom. The number of nitro groups is 1. The third-order valence-electron chi connectivity index (χ3n) is 5.60. The minimum Gasteiger partial charge on any atom is -0.493 e. The van der Waals surface area contributed by atoms with E-state index in [4.69, 9.17) is 13.9 Å². The molecule has 3 aromatic carbocycles. The highest BCUT2D eigenvalue weighted by Gasteiger charge is 2.23. The molecule has 0 aliphatic heterocycles. The van der Waals surface area contributed by atoms with Crippen molar-refractivity contribution in [3.8, 4) is 23.1 Å². The first kappa shape index (κ1) is 25.2. The quantitative estimate of drug-likeness (QED) is 0.129. The Kier molecular flexibility index (Phi) is 6.68. The fourth-order valence-corrected chi connectivity index (χ4v) is 4.34. The fourth-order valence-electron chi connectivity index (χ4n) is 3.96. The van der Waals surface area contributed by atoms with E-state index in [0.29, 0.717) is 27.8 Å². The molecule has 0 aliphatic carbocycles. The van der Waals surface area contributed by atoms with Gasteiger partial charge in [-0.2, -0.15) is 9.78 Å². The van der Waals surface area contributed by atoms with Gasteiger partial charge in [0.05, 0.1) is 35.3 Å². The molecule has 0 bridgehead atoms. The molecule has 0 fully saturated rings. The van der Waals surface area contributed by atoms with Gasteiger partial charge in [0.25, 0.3) is 5.56 Å². The summed E-state index contributed by atoms with van der Waals surface area (Å²) in [5.74, 6) is 0.700. The predicted octanol–water partition coefficient (Wildman–Crippen LogP) is 6.16. The van der Waals surface area contributed by atoms with Gasteiger partial charge in [-0.25, -0.2) is 4.98 Å². The van der Waals surface area contributed by atoms with Crippen molar-refractivity contribution in [3.05, 3.63) is 91.2 Å². The van der Waals surface area contributed by atoms with Crippen LogP contribution in [0.4, 0.5) is 5.69 Å². The van der Waals surface area contributed by atoms with Crippen molar-refractivity contribution in [2.75, 3.05) is 7.11 Å². The van der Waals surface area contributed by atoms with Crippen molar-refractivity contribution >= 4 is 49.7 Å². The van der Waals surface area contributed by atoms with E-state index < -0.39 is 10.5 Å². The first-order chi connectivity index (χ1) is 18.2. The number of benzene rings is 3. The number of hydrogen-bond acceptors (Lipinski definition) is 8. The Morgan fingerprint density at radius 2 is 1.95 bits per heavy atom. The van der Waals surface area contributed by atoms with E-state index in [2.05, 4.69) is 26.0 Å². The number of rotatable bonds is 7. The molecule has 2 heterocycles. The second kappa shape index (κ2) is 10.1. The van der Waals surface area contributed by atoms with Gasteiger partial charge in [-0.3, -0.25) is 14.9 Å². The van der Waals surface area contributed by atoms with Crippen molar-refractivity contribution in [2.45, 2.75) is 20.0 Å². The summed E-state index contributed by atoms with van der Waals surface area (Å²) in [7, 11) is 1.39. The van der Waals surface area contributed by atoms with Gasteiger partial charge in [0.2, 0.25) is 11.6 Å². The number of hydrogen-bond donors (Lipinski definition) is 0. The maximum atomic E-state index is 13.5. The van der Waals surface area contributed by atoms with Crippen molar-refractivity contribution in [1.82, 2.24) is 9.66 Å². The number of para-hydroxylation sites is 1. The van der Waals surface area contributed by atoms with Crippen LogP contribution in [0.2, 0.25) is 0 Å². The molecule has 0 saturated carbocycles. The molecule has 38 heavy (non-hydrogen) atoms. The highest BCUT2D eigenvalue weighted by Crippen LogP contribution is 2.38. The van der Waals surface area contributed by atoms with Gasteiger partial charge in [-0.15, -0.1) is 0 Å². The molecule has 0 unspecified atom stereocenters.